The smallest absolute Gasteiger partial charge is 0.241 e. The van der Waals surface area contributed by atoms with Crippen LogP contribution in [0.2, 0.25) is 0 Å². The molecule has 0 radical (unpaired) electrons. The van der Waals surface area contributed by atoms with Crippen LogP contribution < -0.4 is 10.0 Å². The van der Waals surface area contributed by atoms with Gasteiger partial charge in [-0.3, -0.25) is 4.79 Å². The molecule has 1 heterocycles. The number of amides is 1. The summed E-state index contributed by atoms with van der Waals surface area (Å²) in [5.74, 6) is -0.514. The molecule has 1 aromatic heterocycles. The molecule has 0 saturated heterocycles. The van der Waals surface area contributed by atoms with Gasteiger partial charge in [0.1, 0.15) is 6.04 Å². The summed E-state index contributed by atoms with van der Waals surface area (Å²) in [5, 5.41) is 5.88. The number of sulfonamides is 1. The molecule has 4 rings (SSSR count). The minimum absolute atomic E-state index is 0.152. The predicted molar refractivity (Wildman–Crippen MR) is 132 cm³/mol. The fourth-order valence-electron chi connectivity index (χ4n) is 3.97. The second kappa shape index (κ2) is 9.77. The number of aryl methyl sites for hydroxylation is 1. The molecule has 0 aliphatic heterocycles. The molecule has 172 valence electrons. The molecule has 33 heavy (non-hydrogen) atoms. The normalized spacial score (nSPS) is 12.9. The van der Waals surface area contributed by atoms with Crippen LogP contribution >= 0.6 is 0 Å². The molecular formula is C26H29N3O3S. The molecule has 0 aliphatic rings. The highest BCUT2D eigenvalue weighted by Crippen LogP contribution is 2.20. The van der Waals surface area contributed by atoms with E-state index in [1.54, 1.807) is 18.2 Å². The van der Waals surface area contributed by atoms with Gasteiger partial charge in [-0.1, -0.05) is 62.4 Å². The van der Waals surface area contributed by atoms with Crippen LogP contribution in [-0.2, 0) is 21.4 Å². The number of rotatable bonds is 9. The van der Waals surface area contributed by atoms with Crippen molar-refractivity contribution in [3.05, 3.63) is 79.0 Å². The molecule has 4 aromatic rings. The topological polar surface area (TPSA) is 80.2 Å². The van der Waals surface area contributed by atoms with Crippen molar-refractivity contribution >= 4 is 37.6 Å². The number of benzene rings is 3. The number of hydrogen-bond acceptors (Lipinski definition) is 3. The van der Waals surface area contributed by atoms with Gasteiger partial charge in [-0.05, 0) is 52.8 Å². The molecule has 1 unspecified atom stereocenters. The van der Waals surface area contributed by atoms with Crippen molar-refractivity contribution in [3.63, 3.8) is 0 Å². The molecule has 6 nitrogen and oxygen atoms in total. The summed E-state index contributed by atoms with van der Waals surface area (Å²) >= 11 is 0. The minimum Gasteiger partial charge on any atom is -0.355 e. The second-order valence-electron chi connectivity index (χ2n) is 8.56. The lowest BCUT2D eigenvalue weighted by atomic mass is 10.1. The van der Waals surface area contributed by atoms with Crippen LogP contribution in [-0.4, -0.2) is 31.5 Å². The van der Waals surface area contributed by atoms with Crippen molar-refractivity contribution in [1.29, 1.82) is 0 Å². The van der Waals surface area contributed by atoms with Crippen LogP contribution in [0.15, 0.2) is 83.9 Å². The first kappa shape index (κ1) is 23.0. The summed E-state index contributed by atoms with van der Waals surface area (Å²) in [6.45, 7) is 4.90. The molecule has 1 atom stereocenters. The van der Waals surface area contributed by atoms with Gasteiger partial charge >= 0.3 is 0 Å². The zero-order valence-electron chi connectivity index (χ0n) is 18.9. The van der Waals surface area contributed by atoms with Gasteiger partial charge in [-0.15, -0.1) is 0 Å². The number of fused-ring (bicyclic) bond motifs is 2. The molecule has 0 spiro atoms. The number of carbonyl (C=O) groups excluding carboxylic acids is 1. The van der Waals surface area contributed by atoms with E-state index in [4.69, 9.17) is 0 Å². The number of nitrogens with zero attached hydrogens (tertiary/aromatic N) is 1. The summed E-state index contributed by atoms with van der Waals surface area (Å²) in [4.78, 5) is 13.0. The Hall–Kier alpha value is -3.16. The maximum atomic E-state index is 13.0. The number of para-hydroxylation sites is 1. The Kier molecular flexibility index (Phi) is 6.81. The fourth-order valence-corrected chi connectivity index (χ4v) is 5.35. The largest absolute Gasteiger partial charge is 0.355 e. The van der Waals surface area contributed by atoms with Gasteiger partial charge in [0.25, 0.3) is 0 Å². The lowest BCUT2D eigenvalue weighted by molar-refractivity contribution is -0.123. The highest BCUT2D eigenvalue weighted by molar-refractivity contribution is 7.89. The number of carbonyl (C=O) groups is 1. The molecule has 0 aliphatic carbocycles. The first-order chi connectivity index (χ1) is 15.8. The number of nitrogens with one attached hydrogen (secondary N) is 2. The third-order valence-electron chi connectivity index (χ3n) is 5.82. The molecule has 2 N–H and O–H groups in total. The molecular weight excluding hydrogens is 434 g/mol. The predicted octanol–water partition coefficient (Wildman–Crippen LogP) is 4.30. The van der Waals surface area contributed by atoms with E-state index in [2.05, 4.69) is 32.8 Å². The average Bonchev–Trinajstić information content (AvgIpc) is 3.23. The summed E-state index contributed by atoms with van der Waals surface area (Å²) in [7, 11) is -3.85. The molecule has 7 heteroatoms. The van der Waals surface area contributed by atoms with Gasteiger partial charge in [-0.25, -0.2) is 8.42 Å². The molecule has 0 bridgehead atoms. The van der Waals surface area contributed by atoms with Crippen LogP contribution in [0.25, 0.3) is 21.7 Å². The third-order valence-corrected chi connectivity index (χ3v) is 7.26. The summed E-state index contributed by atoms with van der Waals surface area (Å²) in [6, 6.07) is 21.9. The number of hydrogen-bond donors (Lipinski definition) is 2. The van der Waals surface area contributed by atoms with Crippen LogP contribution in [0.3, 0.4) is 0 Å². The molecule has 0 saturated carbocycles. The van der Waals surface area contributed by atoms with Crippen LogP contribution in [0.1, 0.15) is 20.3 Å². The van der Waals surface area contributed by atoms with Crippen LogP contribution in [0, 0.1) is 5.92 Å². The Balaban J connectivity index is 1.38. The Morgan fingerprint density at radius 1 is 0.909 bits per heavy atom. The first-order valence-corrected chi connectivity index (χ1v) is 12.7. The summed E-state index contributed by atoms with van der Waals surface area (Å²) in [5.41, 5.74) is 1.16. The Bertz CT molecular complexity index is 1380. The van der Waals surface area contributed by atoms with Crippen molar-refractivity contribution in [2.75, 3.05) is 6.54 Å². The Labute approximate surface area is 194 Å². The van der Waals surface area contributed by atoms with Crippen molar-refractivity contribution in [1.82, 2.24) is 14.6 Å². The lowest BCUT2D eigenvalue weighted by Crippen LogP contribution is -2.49. The second-order valence-corrected chi connectivity index (χ2v) is 10.3. The van der Waals surface area contributed by atoms with E-state index in [9.17, 15) is 13.2 Å². The van der Waals surface area contributed by atoms with Crippen molar-refractivity contribution in [3.8, 4) is 0 Å². The van der Waals surface area contributed by atoms with E-state index in [0.29, 0.717) is 6.54 Å². The average molecular weight is 464 g/mol. The lowest BCUT2D eigenvalue weighted by Gasteiger charge is -2.22. The van der Waals surface area contributed by atoms with E-state index < -0.39 is 16.1 Å². The van der Waals surface area contributed by atoms with Crippen LogP contribution in [0.4, 0.5) is 0 Å². The fraction of sp³-hybridized carbons (Fsp3) is 0.269. The van der Waals surface area contributed by atoms with E-state index in [1.807, 2.05) is 56.4 Å². The van der Waals surface area contributed by atoms with Crippen LogP contribution in [0.5, 0.6) is 0 Å². The summed E-state index contributed by atoms with van der Waals surface area (Å²) in [6.07, 6.45) is 2.79. The van der Waals surface area contributed by atoms with Gasteiger partial charge in [0.2, 0.25) is 15.9 Å². The van der Waals surface area contributed by atoms with E-state index >= 15 is 0 Å². The Morgan fingerprint density at radius 2 is 1.61 bits per heavy atom. The SMILES string of the molecule is CC(C)C(NS(=O)(=O)c1ccc2ccccc2c1)C(=O)NCCCn1ccc2ccccc21. The van der Waals surface area contributed by atoms with E-state index in [1.165, 1.54) is 5.39 Å². The van der Waals surface area contributed by atoms with Gasteiger partial charge in [-0.2, -0.15) is 4.72 Å². The van der Waals surface area contributed by atoms with E-state index in [0.717, 1.165) is 29.3 Å². The van der Waals surface area contributed by atoms with Gasteiger partial charge < -0.3 is 9.88 Å². The van der Waals surface area contributed by atoms with E-state index in [-0.39, 0.29) is 16.7 Å². The number of aromatic nitrogens is 1. The highest BCUT2D eigenvalue weighted by Gasteiger charge is 2.28. The molecule has 1 amide bonds. The monoisotopic (exact) mass is 463 g/mol. The van der Waals surface area contributed by atoms with Gasteiger partial charge in [0.15, 0.2) is 0 Å². The maximum Gasteiger partial charge on any atom is 0.241 e. The zero-order valence-corrected chi connectivity index (χ0v) is 19.7. The van der Waals surface area contributed by atoms with Gasteiger partial charge in [0, 0.05) is 24.8 Å². The first-order valence-electron chi connectivity index (χ1n) is 11.2. The van der Waals surface area contributed by atoms with Crippen molar-refractivity contribution in [2.45, 2.75) is 37.8 Å². The quantitative estimate of drug-likeness (QED) is 0.363. The van der Waals surface area contributed by atoms with Crippen molar-refractivity contribution < 1.29 is 13.2 Å². The highest BCUT2D eigenvalue weighted by atomic mass is 32.2. The zero-order chi connectivity index (χ0) is 23.4. The standard InChI is InChI=1S/C26H29N3O3S/c1-19(2)25(28-33(31,32)23-13-12-20-8-3-4-10-22(20)18-23)26(30)27-15-7-16-29-17-14-21-9-5-6-11-24(21)29/h3-6,8-14,17-19,25,28H,7,15-16H2,1-2H3,(H,27,30). The molecule has 3 aromatic carbocycles. The maximum absolute atomic E-state index is 13.0. The Morgan fingerprint density at radius 3 is 2.36 bits per heavy atom. The third kappa shape index (κ3) is 5.26. The van der Waals surface area contributed by atoms with Crippen molar-refractivity contribution in [2.24, 2.45) is 5.92 Å². The minimum atomic E-state index is -3.85. The molecule has 0 fully saturated rings. The van der Waals surface area contributed by atoms with Gasteiger partial charge in [0.05, 0.1) is 4.90 Å². The summed E-state index contributed by atoms with van der Waals surface area (Å²) < 4.78 is 30.8.